The third-order valence-electron chi connectivity index (χ3n) is 8.17. The average molecular weight is 769 g/mol. The van der Waals surface area contributed by atoms with Gasteiger partial charge in [0.05, 0.1) is 24.4 Å². The van der Waals surface area contributed by atoms with Crippen molar-refractivity contribution in [3.8, 4) is 0 Å². The van der Waals surface area contributed by atoms with Crippen LogP contribution < -0.4 is 10.2 Å². The number of carboxylic acid groups (broad SMARTS) is 1. The molecule has 3 aliphatic rings. The SMILES string of the molecule is COC(=O)C1=C(CN2CCN3C(=O)N(c4ccc(CCC(=O)O)cc4F)CC3C2)NC(c2nccs2)=NC1c1ccc(F)cc1Cl.O=P(O)(O)O. The number of amidine groups is 1. The molecule has 0 aliphatic carbocycles. The summed E-state index contributed by atoms with van der Waals surface area (Å²) < 4.78 is 43.1. The molecule has 0 spiro atoms. The highest BCUT2D eigenvalue weighted by Gasteiger charge is 2.43. The summed E-state index contributed by atoms with van der Waals surface area (Å²) in [7, 11) is -3.37. The minimum Gasteiger partial charge on any atom is -0.481 e. The van der Waals surface area contributed by atoms with Gasteiger partial charge in [-0.2, -0.15) is 0 Å². The van der Waals surface area contributed by atoms with Crippen LogP contribution in [0.5, 0.6) is 0 Å². The minimum atomic E-state index is -4.64. The number of piperazine rings is 1. The number of hydrogen-bond acceptors (Lipinski definition) is 10. The molecule has 3 aliphatic heterocycles. The molecule has 2 unspecified atom stereocenters. The van der Waals surface area contributed by atoms with E-state index in [9.17, 15) is 18.8 Å². The number of carbonyl (C=O) groups is 3. The maximum absolute atomic E-state index is 15.1. The molecule has 1 aromatic heterocycles. The van der Waals surface area contributed by atoms with E-state index in [-0.39, 0.29) is 54.3 Å². The fourth-order valence-corrected chi connectivity index (χ4v) is 6.84. The molecule has 5 N–H and O–H groups in total. The maximum atomic E-state index is 15.1. The number of anilines is 1. The quantitative estimate of drug-likeness (QED) is 0.157. The standard InChI is InChI=1S/C31H29ClF2N6O5S.H3O4P/c1-45-30(43)26-23(36-28(29-35-8-11-46-29)37-27(26)20-5-4-18(33)13-21(20)32)16-38-9-10-39-19(14-38)15-40(31(39)44)24-6-2-17(12-22(24)34)3-7-25(41)42;1-5(2,3)4/h2,4-6,8,11-13,19,27H,3,7,9-10,14-16H2,1H3,(H,36,37)(H,41,42);(H3,1,2,3,4). The van der Waals surface area contributed by atoms with Crippen LogP contribution >= 0.6 is 30.8 Å². The Balaban J connectivity index is 0.000000943. The van der Waals surface area contributed by atoms with E-state index in [0.717, 1.165) is 0 Å². The molecule has 0 saturated carbocycles. The van der Waals surface area contributed by atoms with Crippen LogP contribution in [0.15, 0.2) is 64.2 Å². The van der Waals surface area contributed by atoms with Crippen molar-refractivity contribution in [2.24, 2.45) is 4.99 Å². The minimum absolute atomic E-state index is 0.107. The number of aryl methyl sites for hydroxylation is 1. The van der Waals surface area contributed by atoms with Gasteiger partial charge >= 0.3 is 25.8 Å². The van der Waals surface area contributed by atoms with Crippen molar-refractivity contribution in [1.82, 2.24) is 20.1 Å². The number of aromatic nitrogens is 1. The number of fused-ring (bicyclic) bond motifs is 1. The van der Waals surface area contributed by atoms with Crippen LogP contribution in [0.25, 0.3) is 0 Å². The Labute approximate surface area is 298 Å². The third-order valence-corrected chi connectivity index (χ3v) is 9.28. The van der Waals surface area contributed by atoms with Crippen molar-refractivity contribution in [1.29, 1.82) is 0 Å². The molecular formula is C31H32ClF2N6O9PS. The van der Waals surface area contributed by atoms with Gasteiger partial charge in [-0.15, -0.1) is 11.3 Å². The molecule has 2 atom stereocenters. The molecular weight excluding hydrogens is 737 g/mol. The van der Waals surface area contributed by atoms with Gasteiger partial charge in [-0.05, 0) is 36.2 Å². The van der Waals surface area contributed by atoms with Crippen molar-refractivity contribution in [3.05, 3.63) is 92.0 Å². The van der Waals surface area contributed by atoms with Crippen LogP contribution in [0, 0.1) is 11.6 Å². The van der Waals surface area contributed by atoms with Gasteiger partial charge in [0.1, 0.15) is 17.7 Å². The molecule has 2 fully saturated rings. The zero-order valence-corrected chi connectivity index (χ0v) is 29.2. The Morgan fingerprint density at radius 3 is 2.51 bits per heavy atom. The topological polar surface area (TPSA) is 205 Å². The summed E-state index contributed by atoms with van der Waals surface area (Å²) in [6, 6.07) is 6.87. The molecule has 0 radical (unpaired) electrons. The first-order chi connectivity index (χ1) is 24.1. The van der Waals surface area contributed by atoms with Crippen molar-refractivity contribution >= 4 is 60.3 Å². The molecule has 51 heavy (non-hydrogen) atoms. The molecule has 2 aromatic carbocycles. The highest BCUT2D eigenvalue weighted by molar-refractivity contribution is 7.45. The maximum Gasteiger partial charge on any atom is 0.466 e. The van der Waals surface area contributed by atoms with E-state index in [1.165, 1.54) is 53.7 Å². The molecule has 20 heteroatoms. The number of nitrogens with one attached hydrogen (secondary N) is 1. The second-order valence-corrected chi connectivity index (χ2v) is 13.9. The Morgan fingerprint density at radius 2 is 1.88 bits per heavy atom. The summed E-state index contributed by atoms with van der Waals surface area (Å²) in [5.74, 6) is -2.29. The third kappa shape index (κ3) is 9.34. The highest BCUT2D eigenvalue weighted by atomic mass is 35.5. The summed E-state index contributed by atoms with van der Waals surface area (Å²) in [6.45, 7) is 1.79. The number of thiazole rings is 1. The number of halogens is 3. The number of methoxy groups -OCH3 is 1. The summed E-state index contributed by atoms with van der Waals surface area (Å²) in [4.78, 5) is 73.4. The fourth-order valence-electron chi connectivity index (χ4n) is 5.98. The molecule has 6 rings (SSSR count). The zero-order valence-electron chi connectivity index (χ0n) is 26.8. The molecule has 0 bridgehead atoms. The number of rotatable bonds is 9. The van der Waals surface area contributed by atoms with E-state index in [4.69, 9.17) is 45.7 Å². The lowest BCUT2D eigenvalue weighted by molar-refractivity contribution is -0.137. The largest absolute Gasteiger partial charge is 0.481 e. The van der Waals surface area contributed by atoms with Crippen LogP contribution in [0.1, 0.15) is 28.6 Å². The number of nitrogens with zero attached hydrogens (tertiary/aromatic N) is 5. The predicted molar refractivity (Wildman–Crippen MR) is 181 cm³/mol. The smallest absolute Gasteiger partial charge is 0.466 e. The van der Waals surface area contributed by atoms with Gasteiger partial charge in [0.2, 0.25) is 0 Å². The van der Waals surface area contributed by atoms with Gasteiger partial charge in [0, 0.05) is 67.0 Å². The molecule has 272 valence electrons. The first kappa shape index (κ1) is 38.0. The number of benzene rings is 2. The number of amides is 2. The second kappa shape index (κ2) is 15.9. The van der Waals surface area contributed by atoms with Crippen LogP contribution in [0.2, 0.25) is 5.02 Å². The number of carbonyl (C=O) groups excluding carboxylic acids is 2. The molecule has 4 heterocycles. The van der Waals surface area contributed by atoms with Crippen molar-refractivity contribution in [2.45, 2.75) is 24.9 Å². The Bertz CT molecular complexity index is 1920. The molecule has 2 amide bonds. The van der Waals surface area contributed by atoms with E-state index in [0.29, 0.717) is 47.3 Å². The Morgan fingerprint density at radius 1 is 1.14 bits per heavy atom. The number of urea groups is 1. The summed E-state index contributed by atoms with van der Waals surface area (Å²) in [5, 5.41) is 14.7. The van der Waals surface area contributed by atoms with Crippen LogP contribution in [0.3, 0.4) is 0 Å². The van der Waals surface area contributed by atoms with Crippen molar-refractivity contribution in [2.75, 3.05) is 44.7 Å². The van der Waals surface area contributed by atoms with Crippen LogP contribution in [0.4, 0.5) is 19.3 Å². The predicted octanol–water partition coefficient (Wildman–Crippen LogP) is 3.31. The number of esters is 1. The van der Waals surface area contributed by atoms with Gasteiger partial charge in [-0.3, -0.25) is 19.6 Å². The average Bonchev–Trinajstić information content (AvgIpc) is 3.71. The number of carboxylic acids is 1. The molecule has 2 saturated heterocycles. The van der Waals surface area contributed by atoms with Crippen LogP contribution in [-0.4, -0.2) is 104 Å². The normalized spacial score (nSPS) is 19.2. The van der Waals surface area contributed by atoms with Crippen molar-refractivity contribution < 1.29 is 52.3 Å². The first-order valence-corrected chi connectivity index (χ1v) is 18.0. The van der Waals surface area contributed by atoms with Crippen LogP contribution in [-0.2, 0) is 25.3 Å². The molecule has 15 nitrogen and oxygen atoms in total. The number of hydrogen-bond donors (Lipinski definition) is 5. The second-order valence-electron chi connectivity index (χ2n) is 11.6. The number of aliphatic carboxylic acids is 1. The lowest BCUT2D eigenvalue weighted by atomic mass is 9.95. The van der Waals surface area contributed by atoms with E-state index >= 15 is 4.39 Å². The van der Waals surface area contributed by atoms with Gasteiger partial charge in [0.15, 0.2) is 10.8 Å². The van der Waals surface area contributed by atoms with E-state index in [1.54, 1.807) is 22.5 Å². The van der Waals surface area contributed by atoms with Gasteiger partial charge < -0.3 is 34.7 Å². The molecule has 3 aromatic rings. The lowest BCUT2D eigenvalue weighted by Crippen LogP contribution is -2.53. The number of aliphatic imine (C=N–C) groups is 1. The summed E-state index contributed by atoms with van der Waals surface area (Å²) >= 11 is 7.81. The monoisotopic (exact) mass is 768 g/mol. The fraction of sp³-hybridized carbons (Fsp3) is 0.323. The van der Waals surface area contributed by atoms with Gasteiger partial charge in [-0.25, -0.2) is 27.9 Å². The Kier molecular flexibility index (Phi) is 11.9. The van der Waals surface area contributed by atoms with Crippen molar-refractivity contribution in [3.63, 3.8) is 0 Å². The van der Waals surface area contributed by atoms with E-state index in [1.807, 2.05) is 0 Å². The summed E-state index contributed by atoms with van der Waals surface area (Å²) in [6.07, 6.45) is 1.70. The highest BCUT2D eigenvalue weighted by Crippen LogP contribution is 2.37. The van der Waals surface area contributed by atoms with E-state index < -0.39 is 37.4 Å². The zero-order chi connectivity index (χ0) is 37.0. The lowest BCUT2D eigenvalue weighted by Gasteiger charge is -2.38. The van der Waals surface area contributed by atoms with Gasteiger partial charge in [0.25, 0.3) is 0 Å². The van der Waals surface area contributed by atoms with E-state index in [2.05, 4.69) is 15.2 Å². The Hall–Kier alpha value is -4.29. The first-order valence-electron chi connectivity index (χ1n) is 15.2. The summed E-state index contributed by atoms with van der Waals surface area (Å²) in [5.41, 5.74) is 1.82. The number of phosphoric acid groups is 1. The number of ether oxygens (including phenoxy) is 1. The van der Waals surface area contributed by atoms with Gasteiger partial charge in [-0.1, -0.05) is 23.7 Å².